The van der Waals surface area contributed by atoms with Crippen LogP contribution < -0.4 is 0 Å². The number of fused-ring (bicyclic) bond motifs is 1. The number of carbonyl (C=O) groups is 2. The molecule has 0 spiro atoms. The lowest BCUT2D eigenvalue weighted by molar-refractivity contribution is -0.131. The highest BCUT2D eigenvalue weighted by Gasteiger charge is 2.52. The summed E-state index contributed by atoms with van der Waals surface area (Å²) in [4.78, 5) is 32.5. The van der Waals surface area contributed by atoms with Gasteiger partial charge in [-0.25, -0.2) is 8.42 Å². The first kappa shape index (κ1) is 19.7. The number of rotatable bonds is 5. The van der Waals surface area contributed by atoms with Gasteiger partial charge in [-0.3, -0.25) is 14.6 Å². The normalized spacial score (nSPS) is 25.5. The molecule has 1 saturated heterocycles. The topological polar surface area (TPSA) is 83.9 Å². The Labute approximate surface area is 160 Å². The molecule has 1 amide bonds. The van der Waals surface area contributed by atoms with Crippen molar-refractivity contribution in [2.45, 2.75) is 45.1 Å². The first-order valence-corrected chi connectivity index (χ1v) is 11.1. The second-order valence-electron chi connectivity index (χ2n) is 7.88. The maximum atomic E-state index is 13.2. The summed E-state index contributed by atoms with van der Waals surface area (Å²) in [5.41, 5.74) is 0.463. The van der Waals surface area contributed by atoms with Gasteiger partial charge in [-0.2, -0.15) is 0 Å². The van der Waals surface area contributed by atoms with Crippen LogP contribution in [0.15, 0.2) is 34.2 Å². The standard InChI is InChI=1S/C20H26N2O4S/c1-5-13(4)18-19(23)17(20(24)22(18)10-12(2)3)15-11-27(25,26)16-9-7-6-8-14(16)21-15/h6-9,12-13,17-18H,5,10-11H2,1-4H3/t13-,17?,18-/m0/s1. The van der Waals surface area contributed by atoms with Crippen molar-refractivity contribution in [2.24, 2.45) is 22.7 Å². The third kappa shape index (κ3) is 3.45. The molecule has 0 aromatic heterocycles. The molecule has 7 heteroatoms. The van der Waals surface area contributed by atoms with Gasteiger partial charge in [-0.15, -0.1) is 0 Å². The van der Waals surface area contributed by atoms with Crippen molar-refractivity contribution in [1.29, 1.82) is 0 Å². The molecule has 6 nitrogen and oxygen atoms in total. The summed E-state index contributed by atoms with van der Waals surface area (Å²) in [6.45, 7) is 8.42. The zero-order valence-corrected chi connectivity index (χ0v) is 17.0. The van der Waals surface area contributed by atoms with Gasteiger partial charge in [-0.1, -0.05) is 46.2 Å². The summed E-state index contributed by atoms with van der Waals surface area (Å²) >= 11 is 0. The van der Waals surface area contributed by atoms with E-state index in [4.69, 9.17) is 0 Å². The van der Waals surface area contributed by atoms with Gasteiger partial charge in [0.05, 0.1) is 28.1 Å². The van der Waals surface area contributed by atoms with Crippen LogP contribution in [0.5, 0.6) is 0 Å². The van der Waals surface area contributed by atoms with Crippen molar-refractivity contribution in [3.8, 4) is 0 Å². The monoisotopic (exact) mass is 390 g/mol. The molecule has 0 N–H and O–H groups in total. The summed E-state index contributed by atoms with van der Waals surface area (Å²) in [6, 6.07) is 5.94. The fourth-order valence-corrected chi connectivity index (χ4v) is 5.38. The lowest BCUT2D eigenvalue weighted by Crippen LogP contribution is -2.42. The molecule has 3 atom stereocenters. The van der Waals surface area contributed by atoms with Crippen molar-refractivity contribution in [3.63, 3.8) is 0 Å². The summed E-state index contributed by atoms with van der Waals surface area (Å²) in [7, 11) is -3.61. The molecule has 0 aliphatic carbocycles. The molecule has 1 fully saturated rings. The highest BCUT2D eigenvalue weighted by atomic mass is 32.2. The summed E-state index contributed by atoms with van der Waals surface area (Å²) in [6.07, 6.45) is 0.763. The zero-order chi connectivity index (χ0) is 19.9. The third-order valence-corrected chi connectivity index (χ3v) is 7.01. The molecule has 0 saturated carbocycles. The van der Waals surface area contributed by atoms with Crippen LogP contribution in [0.3, 0.4) is 0 Å². The minimum Gasteiger partial charge on any atom is -0.331 e. The summed E-state index contributed by atoms with van der Waals surface area (Å²) in [5, 5.41) is 0. The number of hydrogen-bond acceptors (Lipinski definition) is 5. The van der Waals surface area contributed by atoms with Gasteiger partial charge in [0.15, 0.2) is 15.6 Å². The second kappa shape index (κ2) is 7.19. The zero-order valence-electron chi connectivity index (χ0n) is 16.2. The van der Waals surface area contributed by atoms with Crippen molar-refractivity contribution >= 4 is 32.9 Å². The van der Waals surface area contributed by atoms with Crippen molar-refractivity contribution in [2.75, 3.05) is 12.3 Å². The molecule has 0 bridgehead atoms. The molecule has 27 heavy (non-hydrogen) atoms. The van der Waals surface area contributed by atoms with E-state index in [9.17, 15) is 18.0 Å². The SMILES string of the molecule is CC[C@H](C)[C@H]1C(=O)C(C2=Nc3ccccc3S(=O)(=O)C2)C(=O)N1CC(C)C. The van der Waals surface area contributed by atoms with Crippen LogP contribution in [0.2, 0.25) is 0 Å². The van der Waals surface area contributed by atoms with E-state index in [1.54, 1.807) is 23.1 Å². The van der Waals surface area contributed by atoms with Gasteiger partial charge in [0, 0.05) is 6.54 Å². The Morgan fingerprint density at radius 2 is 1.85 bits per heavy atom. The lowest BCUT2D eigenvalue weighted by Gasteiger charge is -2.29. The number of Topliss-reactive ketones (excluding diaryl/α,β-unsaturated/α-hetero) is 1. The molecule has 2 heterocycles. The van der Waals surface area contributed by atoms with Crippen molar-refractivity contribution < 1.29 is 18.0 Å². The maximum absolute atomic E-state index is 13.2. The maximum Gasteiger partial charge on any atom is 0.239 e. The predicted octanol–water partition coefficient (Wildman–Crippen LogP) is 2.64. The van der Waals surface area contributed by atoms with E-state index in [-0.39, 0.29) is 39.9 Å². The molecule has 0 radical (unpaired) electrons. The van der Waals surface area contributed by atoms with Gasteiger partial charge in [0.25, 0.3) is 0 Å². The molecular weight excluding hydrogens is 364 g/mol. The third-order valence-electron chi connectivity index (χ3n) is 5.32. The number of sulfone groups is 1. The number of hydrogen-bond donors (Lipinski definition) is 0. The fraction of sp³-hybridized carbons (Fsp3) is 0.550. The Morgan fingerprint density at radius 3 is 2.48 bits per heavy atom. The van der Waals surface area contributed by atoms with Gasteiger partial charge in [0.2, 0.25) is 5.91 Å². The fourth-order valence-electron chi connectivity index (χ4n) is 3.88. The predicted molar refractivity (Wildman–Crippen MR) is 104 cm³/mol. The van der Waals surface area contributed by atoms with E-state index in [1.807, 2.05) is 27.7 Å². The molecule has 1 unspecified atom stereocenters. The van der Waals surface area contributed by atoms with Crippen LogP contribution in [-0.4, -0.2) is 49.1 Å². The van der Waals surface area contributed by atoms with Crippen LogP contribution in [0.4, 0.5) is 5.69 Å². The minimum absolute atomic E-state index is 0.0123. The first-order valence-electron chi connectivity index (χ1n) is 9.40. The molecule has 2 aliphatic rings. The van der Waals surface area contributed by atoms with Crippen LogP contribution >= 0.6 is 0 Å². The van der Waals surface area contributed by atoms with Crippen LogP contribution in [0.25, 0.3) is 0 Å². The van der Waals surface area contributed by atoms with Gasteiger partial charge in [-0.05, 0) is 24.0 Å². The van der Waals surface area contributed by atoms with E-state index in [2.05, 4.69) is 4.99 Å². The Hall–Kier alpha value is -2.02. The molecule has 3 rings (SSSR count). The largest absolute Gasteiger partial charge is 0.331 e. The van der Waals surface area contributed by atoms with Crippen molar-refractivity contribution in [1.82, 2.24) is 4.90 Å². The van der Waals surface area contributed by atoms with Crippen LogP contribution in [0, 0.1) is 17.8 Å². The average molecular weight is 391 g/mol. The second-order valence-corrected chi connectivity index (χ2v) is 9.84. The van der Waals surface area contributed by atoms with E-state index in [1.165, 1.54) is 6.07 Å². The number of benzene rings is 1. The number of amides is 1. The number of aliphatic imine (C=N–C) groups is 1. The number of para-hydroxylation sites is 1. The van der Waals surface area contributed by atoms with Crippen LogP contribution in [-0.2, 0) is 19.4 Å². The molecule has 2 aliphatic heterocycles. The molecule has 1 aromatic carbocycles. The van der Waals surface area contributed by atoms with Crippen molar-refractivity contribution in [3.05, 3.63) is 24.3 Å². The first-order chi connectivity index (χ1) is 12.7. The number of ketones is 1. The summed E-state index contributed by atoms with van der Waals surface area (Å²) < 4.78 is 25.3. The van der Waals surface area contributed by atoms with Gasteiger partial charge in [0.1, 0.15) is 5.92 Å². The molecule has 146 valence electrons. The Kier molecular flexibility index (Phi) is 5.25. The van der Waals surface area contributed by atoms with E-state index in [0.717, 1.165) is 6.42 Å². The quantitative estimate of drug-likeness (QED) is 0.724. The smallest absolute Gasteiger partial charge is 0.239 e. The van der Waals surface area contributed by atoms with E-state index < -0.39 is 21.8 Å². The minimum atomic E-state index is -3.61. The number of carbonyl (C=O) groups excluding carboxylic acids is 2. The highest BCUT2D eigenvalue weighted by Crippen LogP contribution is 2.35. The van der Waals surface area contributed by atoms with E-state index >= 15 is 0 Å². The van der Waals surface area contributed by atoms with Gasteiger partial charge < -0.3 is 4.90 Å². The highest BCUT2D eigenvalue weighted by molar-refractivity contribution is 7.92. The average Bonchev–Trinajstić information content (AvgIpc) is 2.83. The molecule has 1 aromatic rings. The van der Waals surface area contributed by atoms with Gasteiger partial charge >= 0.3 is 0 Å². The number of likely N-dealkylation sites (tertiary alicyclic amines) is 1. The Balaban J connectivity index is 2.05. The van der Waals surface area contributed by atoms with E-state index in [0.29, 0.717) is 12.2 Å². The van der Waals surface area contributed by atoms with Crippen LogP contribution in [0.1, 0.15) is 34.1 Å². The summed E-state index contributed by atoms with van der Waals surface area (Å²) in [5.74, 6) is -1.78. The Bertz CT molecular complexity index is 904. The lowest BCUT2D eigenvalue weighted by atomic mass is 9.90. The molecular formula is C20H26N2O4S. The number of nitrogens with zero attached hydrogens (tertiary/aromatic N) is 2. The Morgan fingerprint density at radius 1 is 1.19 bits per heavy atom.